The van der Waals surface area contributed by atoms with Gasteiger partial charge >= 0.3 is 0 Å². The first-order valence-corrected chi connectivity index (χ1v) is 10.6. The monoisotopic (exact) mass is 423 g/mol. The Bertz CT molecular complexity index is 929. The van der Waals surface area contributed by atoms with Gasteiger partial charge in [-0.1, -0.05) is 11.8 Å². The molecule has 3 rings (SSSR count). The molecular weight excluding hydrogens is 402 g/mol. The van der Waals surface area contributed by atoms with E-state index in [0.29, 0.717) is 24.2 Å². The molecule has 1 saturated heterocycles. The molecule has 3 aliphatic rings. The average Bonchev–Trinajstić information content (AvgIpc) is 3.03. The molecule has 2 aliphatic heterocycles. The lowest BCUT2D eigenvalue weighted by Gasteiger charge is -2.34. The Hall–Kier alpha value is -2.21. The minimum Gasteiger partial charge on any atom is -0.352 e. The molecule has 11 heteroatoms. The van der Waals surface area contributed by atoms with E-state index in [1.165, 1.54) is 31.0 Å². The van der Waals surface area contributed by atoms with Gasteiger partial charge in [0.05, 0.1) is 16.6 Å². The van der Waals surface area contributed by atoms with E-state index in [2.05, 4.69) is 15.7 Å². The molecule has 0 bridgehead atoms. The molecular formula is C17H21N5O4S2. The Morgan fingerprint density at radius 3 is 2.89 bits per heavy atom. The topological polar surface area (TPSA) is 134 Å². The maximum absolute atomic E-state index is 11.5. The second-order valence-electron chi connectivity index (χ2n) is 6.59. The zero-order valence-electron chi connectivity index (χ0n) is 15.2. The molecule has 28 heavy (non-hydrogen) atoms. The predicted octanol–water partition coefficient (Wildman–Crippen LogP) is -0.522. The van der Waals surface area contributed by atoms with Crippen molar-refractivity contribution >= 4 is 44.5 Å². The van der Waals surface area contributed by atoms with Crippen LogP contribution in [0, 0.1) is 0 Å². The lowest BCUT2D eigenvalue weighted by Crippen LogP contribution is -2.55. The number of hydrazine groups is 1. The Morgan fingerprint density at radius 2 is 2.29 bits per heavy atom. The highest BCUT2D eigenvalue weighted by Crippen LogP contribution is 2.29. The highest BCUT2D eigenvalue weighted by atomic mass is 32.2. The average molecular weight is 424 g/mol. The molecule has 3 atom stereocenters. The molecule has 0 radical (unpaired) electrons. The van der Waals surface area contributed by atoms with E-state index < -0.39 is 22.1 Å². The summed E-state index contributed by atoms with van der Waals surface area (Å²) >= 11 is 1.21. The summed E-state index contributed by atoms with van der Waals surface area (Å²) in [5.74, 6) is -1.31. The number of thioether (sulfide) groups is 1. The van der Waals surface area contributed by atoms with E-state index in [9.17, 15) is 18.0 Å². The third-order valence-corrected chi connectivity index (χ3v) is 6.32. The minimum atomic E-state index is -2.38. The molecule has 0 aromatic rings. The van der Waals surface area contributed by atoms with Crippen LogP contribution in [0.4, 0.5) is 0 Å². The number of nitrogens with two attached hydrogens (primary N) is 1. The molecule has 1 fully saturated rings. The highest BCUT2D eigenvalue weighted by Gasteiger charge is 2.37. The number of aldehydes is 1. The lowest BCUT2D eigenvalue weighted by molar-refractivity contribution is -0.112. The van der Waals surface area contributed by atoms with Crippen molar-refractivity contribution < 1.29 is 18.0 Å². The van der Waals surface area contributed by atoms with Gasteiger partial charge in [-0.05, 0) is 24.6 Å². The fraction of sp³-hybridized carbons (Fsp3) is 0.412. The zero-order valence-corrected chi connectivity index (χ0v) is 16.8. The first-order valence-electron chi connectivity index (χ1n) is 8.62. The van der Waals surface area contributed by atoms with Gasteiger partial charge < -0.3 is 15.5 Å². The molecule has 9 nitrogen and oxygen atoms in total. The van der Waals surface area contributed by atoms with E-state index in [1.807, 2.05) is 0 Å². The Kier molecular flexibility index (Phi) is 6.18. The second-order valence-corrected chi connectivity index (χ2v) is 9.06. The number of carbonyl (C=O) groups excluding carboxylic acids is 2. The van der Waals surface area contributed by atoms with Crippen LogP contribution in [0.3, 0.4) is 0 Å². The standard InChI is InChI=1S/C17H21N5O4S2/c1-11(24)27-13-7-12(10-23)22(9-13)21-16-4-3-14(28(25)26)8-15(16)17(18)19-5-2-6-20-17/h2-6,10,12-13,19,21H,7-9,18H2,1H3/t12-,13-,17?/m0/s1. The van der Waals surface area contributed by atoms with Crippen LogP contribution in [0.25, 0.3) is 0 Å². The van der Waals surface area contributed by atoms with Crippen molar-refractivity contribution in [3.63, 3.8) is 0 Å². The van der Waals surface area contributed by atoms with Crippen LogP contribution < -0.4 is 16.5 Å². The number of hydrogen-bond donors (Lipinski definition) is 3. The summed E-state index contributed by atoms with van der Waals surface area (Å²) in [5.41, 5.74) is 10.7. The van der Waals surface area contributed by atoms with Gasteiger partial charge in [0, 0.05) is 43.1 Å². The van der Waals surface area contributed by atoms with Crippen molar-refractivity contribution in [2.75, 3.05) is 6.54 Å². The van der Waals surface area contributed by atoms with Gasteiger partial charge in [-0.15, -0.1) is 0 Å². The predicted molar refractivity (Wildman–Crippen MR) is 109 cm³/mol. The molecule has 0 amide bonds. The summed E-state index contributed by atoms with van der Waals surface area (Å²) in [4.78, 5) is 27.4. The Labute approximate surface area is 168 Å². The normalized spacial score (nSPS) is 29.7. The summed E-state index contributed by atoms with van der Waals surface area (Å²) in [5, 5.41) is 4.70. The molecule has 0 aromatic carbocycles. The van der Waals surface area contributed by atoms with Crippen LogP contribution in [-0.4, -0.2) is 59.5 Å². The van der Waals surface area contributed by atoms with Gasteiger partial charge in [0.25, 0.3) is 0 Å². The smallest absolute Gasteiger partial charge is 0.217 e. The van der Waals surface area contributed by atoms with Crippen LogP contribution in [0.15, 0.2) is 40.7 Å². The van der Waals surface area contributed by atoms with Crippen molar-refractivity contribution in [3.05, 3.63) is 35.7 Å². The lowest BCUT2D eigenvalue weighted by atomic mass is 9.95. The van der Waals surface area contributed by atoms with Crippen LogP contribution in [0.5, 0.6) is 0 Å². The van der Waals surface area contributed by atoms with Crippen molar-refractivity contribution in [2.24, 2.45) is 10.7 Å². The Morgan fingerprint density at radius 1 is 1.50 bits per heavy atom. The number of carbonyl (C=O) groups is 2. The van der Waals surface area contributed by atoms with Crippen LogP contribution >= 0.6 is 11.8 Å². The fourth-order valence-electron chi connectivity index (χ4n) is 3.30. The van der Waals surface area contributed by atoms with Gasteiger partial charge in [0.15, 0.2) is 5.12 Å². The first-order chi connectivity index (χ1) is 13.3. The third-order valence-electron chi connectivity index (χ3n) is 4.61. The molecule has 1 unspecified atom stereocenters. The number of nitrogens with zero attached hydrogens (tertiary/aromatic N) is 2. The van der Waals surface area contributed by atoms with Crippen molar-refractivity contribution in [1.29, 1.82) is 0 Å². The summed E-state index contributed by atoms with van der Waals surface area (Å²) in [6.07, 6.45) is 9.42. The van der Waals surface area contributed by atoms with Gasteiger partial charge in [0.1, 0.15) is 6.29 Å². The van der Waals surface area contributed by atoms with E-state index >= 15 is 0 Å². The van der Waals surface area contributed by atoms with Crippen LogP contribution in [-0.2, 0) is 19.9 Å². The number of hydrogen-bond acceptors (Lipinski definition) is 10. The maximum Gasteiger partial charge on any atom is 0.217 e. The number of allylic oxidation sites excluding steroid dienone is 3. The van der Waals surface area contributed by atoms with Gasteiger partial charge in [-0.3, -0.25) is 10.5 Å². The summed E-state index contributed by atoms with van der Waals surface area (Å²) < 4.78 is 22.9. The largest absolute Gasteiger partial charge is 0.352 e. The molecule has 0 saturated carbocycles. The molecule has 2 heterocycles. The number of aliphatic imine (C=N–C) groups is 1. The van der Waals surface area contributed by atoms with E-state index in [1.54, 1.807) is 23.4 Å². The molecule has 150 valence electrons. The van der Waals surface area contributed by atoms with E-state index in [0.717, 1.165) is 6.29 Å². The SMILES string of the molecule is CC(=O)S[C@H]1C[C@@H](C=O)N(NC2=C(C3(N)N=CC=CN3)CC(=S(=O)=O)C=C2)C1. The molecule has 4 N–H and O–H groups in total. The quantitative estimate of drug-likeness (QED) is 0.394. The van der Waals surface area contributed by atoms with Gasteiger partial charge in [0.2, 0.25) is 16.1 Å². The molecule has 1 aliphatic carbocycles. The third kappa shape index (κ3) is 4.43. The molecule has 0 aromatic heterocycles. The maximum atomic E-state index is 11.5. The summed E-state index contributed by atoms with van der Waals surface area (Å²) in [7, 11) is -2.38. The van der Waals surface area contributed by atoms with E-state index in [-0.39, 0.29) is 21.7 Å². The van der Waals surface area contributed by atoms with Crippen molar-refractivity contribution in [3.8, 4) is 0 Å². The van der Waals surface area contributed by atoms with Crippen LogP contribution in [0.2, 0.25) is 0 Å². The zero-order chi connectivity index (χ0) is 20.3. The van der Waals surface area contributed by atoms with Gasteiger partial charge in [-0.25, -0.2) is 10.0 Å². The van der Waals surface area contributed by atoms with Gasteiger partial charge in [-0.2, -0.15) is 8.42 Å². The summed E-state index contributed by atoms with van der Waals surface area (Å²) in [6, 6.07) is -0.408. The number of nitrogens with one attached hydrogen (secondary N) is 2. The molecule has 0 spiro atoms. The highest BCUT2D eigenvalue weighted by molar-refractivity contribution is 8.14. The Balaban J connectivity index is 1.91. The summed E-state index contributed by atoms with van der Waals surface area (Å²) in [6.45, 7) is 1.98. The van der Waals surface area contributed by atoms with E-state index in [4.69, 9.17) is 5.73 Å². The van der Waals surface area contributed by atoms with Crippen LogP contribution in [0.1, 0.15) is 19.8 Å². The number of rotatable bonds is 5. The second kappa shape index (κ2) is 8.43. The fourth-order valence-corrected chi connectivity index (χ4v) is 4.74. The first kappa shape index (κ1) is 20.5. The van der Waals surface area contributed by atoms with Crippen molar-refractivity contribution in [1.82, 2.24) is 15.8 Å². The minimum absolute atomic E-state index is 0.000395. The van der Waals surface area contributed by atoms with Crippen molar-refractivity contribution in [2.45, 2.75) is 36.8 Å².